The number of halogens is 4. The molecule has 1 aromatic carbocycles. The van der Waals surface area contributed by atoms with E-state index in [1.54, 1.807) is 6.07 Å². The maximum Gasteiger partial charge on any atom is 0.418 e. The van der Waals surface area contributed by atoms with Crippen molar-refractivity contribution in [1.82, 2.24) is 0 Å². The molecule has 2 fully saturated rings. The van der Waals surface area contributed by atoms with Crippen molar-refractivity contribution >= 4 is 21.6 Å². The number of anilines is 1. The quantitative estimate of drug-likeness (QED) is 0.799. The summed E-state index contributed by atoms with van der Waals surface area (Å²) in [6.45, 7) is 0.621. The zero-order valence-corrected chi connectivity index (χ0v) is 13.1. The molecule has 1 saturated carbocycles. The molecule has 6 heteroatoms. The summed E-state index contributed by atoms with van der Waals surface area (Å²) in [5.74, 6) is 0. The van der Waals surface area contributed by atoms with Gasteiger partial charge in [-0.05, 0) is 50.3 Å². The molecule has 116 valence electrons. The molecule has 1 spiro atoms. The summed E-state index contributed by atoms with van der Waals surface area (Å²) >= 11 is 3.10. The number of rotatable bonds is 2. The molecule has 1 aliphatic heterocycles. The van der Waals surface area contributed by atoms with Gasteiger partial charge in [-0.15, -0.1) is 0 Å². The Labute approximate surface area is 130 Å². The minimum absolute atomic E-state index is 0.0429. The lowest BCUT2D eigenvalue weighted by atomic mass is 9.74. The van der Waals surface area contributed by atoms with E-state index in [-0.39, 0.29) is 17.3 Å². The fourth-order valence-electron chi connectivity index (χ4n) is 3.17. The van der Waals surface area contributed by atoms with Gasteiger partial charge in [0.1, 0.15) is 0 Å². The lowest BCUT2D eigenvalue weighted by Crippen LogP contribution is -2.49. The van der Waals surface area contributed by atoms with Crippen molar-refractivity contribution in [1.29, 1.82) is 0 Å². The first-order valence-electron chi connectivity index (χ1n) is 7.15. The Bertz CT molecular complexity index is 528. The van der Waals surface area contributed by atoms with E-state index in [1.807, 2.05) is 0 Å². The highest BCUT2D eigenvalue weighted by Crippen LogP contribution is 2.44. The zero-order valence-electron chi connectivity index (χ0n) is 11.5. The van der Waals surface area contributed by atoms with Crippen molar-refractivity contribution in [3.63, 3.8) is 0 Å². The summed E-state index contributed by atoms with van der Waals surface area (Å²) in [6, 6.07) is 4.30. The van der Waals surface area contributed by atoms with Gasteiger partial charge in [0.05, 0.1) is 11.2 Å². The van der Waals surface area contributed by atoms with Crippen LogP contribution < -0.4 is 5.32 Å². The monoisotopic (exact) mass is 363 g/mol. The van der Waals surface area contributed by atoms with Crippen molar-refractivity contribution in [3.8, 4) is 0 Å². The standard InChI is InChI=1S/C15H17BrF3NO/c16-10-2-3-13(12(8-10)15(17,18)19)20-11-4-7-21-14(9-11)5-1-6-14/h2-3,8,11,20H,1,4-7,9H2. The van der Waals surface area contributed by atoms with Crippen LogP contribution in [0.15, 0.2) is 22.7 Å². The van der Waals surface area contributed by atoms with Crippen molar-refractivity contribution < 1.29 is 17.9 Å². The molecule has 1 heterocycles. The molecule has 21 heavy (non-hydrogen) atoms. The number of ether oxygens (including phenoxy) is 1. The van der Waals surface area contributed by atoms with E-state index in [0.29, 0.717) is 11.1 Å². The van der Waals surface area contributed by atoms with Crippen molar-refractivity contribution in [3.05, 3.63) is 28.2 Å². The Hall–Kier alpha value is -0.750. The predicted octanol–water partition coefficient (Wildman–Crippen LogP) is 4.98. The largest absolute Gasteiger partial charge is 0.418 e. The van der Waals surface area contributed by atoms with Gasteiger partial charge in [0.15, 0.2) is 0 Å². The van der Waals surface area contributed by atoms with Gasteiger partial charge >= 0.3 is 6.18 Å². The van der Waals surface area contributed by atoms with Gasteiger partial charge in [-0.25, -0.2) is 0 Å². The van der Waals surface area contributed by atoms with E-state index in [2.05, 4.69) is 21.2 Å². The van der Waals surface area contributed by atoms with Gasteiger partial charge in [-0.2, -0.15) is 13.2 Å². The summed E-state index contributed by atoms with van der Waals surface area (Å²) in [6.07, 6.45) is 0.384. The molecule has 1 N–H and O–H groups in total. The normalized spacial score (nSPS) is 24.7. The summed E-state index contributed by atoms with van der Waals surface area (Å²) < 4.78 is 45.6. The lowest BCUT2D eigenvalue weighted by molar-refractivity contribution is -0.137. The first-order valence-corrected chi connectivity index (χ1v) is 7.95. The van der Waals surface area contributed by atoms with Crippen LogP contribution in [-0.2, 0) is 10.9 Å². The molecule has 0 radical (unpaired) electrons. The first kappa shape index (κ1) is 15.2. The zero-order chi connectivity index (χ0) is 15.1. The maximum absolute atomic E-state index is 13.1. The van der Waals surface area contributed by atoms with Crippen LogP contribution in [0.2, 0.25) is 0 Å². The molecular weight excluding hydrogens is 347 g/mol. The fourth-order valence-corrected chi connectivity index (χ4v) is 3.53. The van der Waals surface area contributed by atoms with E-state index >= 15 is 0 Å². The molecule has 3 rings (SSSR count). The second-order valence-corrected chi connectivity index (χ2v) is 6.82. The molecule has 1 aromatic rings. The average molecular weight is 364 g/mol. The van der Waals surface area contributed by atoms with E-state index in [9.17, 15) is 13.2 Å². The number of alkyl halides is 3. The van der Waals surface area contributed by atoms with E-state index in [1.165, 1.54) is 6.07 Å². The second-order valence-electron chi connectivity index (χ2n) is 5.91. The molecule has 2 nitrogen and oxygen atoms in total. The number of hydrogen-bond donors (Lipinski definition) is 1. The number of hydrogen-bond acceptors (Lipinski definition) is 2. The molecule has 2 aliphatic rings. The molecule has 1 unspecified atom stereocenters. The summed E-state index contributed by atoms with van der Waals surface area (Å²) in [4.78, 5) is 0. The molecule has 1 saturated heterocycles. The van der Waals surface area contributed by atoms with Crippen LogP contribution in [0.3, 0.4) is 0 Å². The third-order valence-electron chi connectivity index (χ3n) is 4.40. The molecule has 0 aromatic heterocycles. The van der Waals surface area contributed by atoms with Crippen LogP contribution in [0.1, 0.15) is 37.7 Å². The summed E-state index contributed by atoms with van der Waals surface area (Å²) in [5.41, 5.74) is -0.540. The average Bonchev–Trinajstić information content (AvgIpc) is 2.38. The number of benzene rings is 1. The highest BCUT2D eigenvalue weighted by atomic mass is 79.9. The Kier molecular flexibility index (Phi) is 3.94. The Morgan fingerprint density at radius 2 is 2.05 bits per heavy atom. The highest BCUT2D eigenvalue weighted by molar-refractivity contribution is 9.10. The Morgan fingerprint density at radius 3 is 2.67 bits per heavy atom. The van der Waals surface area contributed by atoms with E-state index in [4.69, 9.17) is 4.74 Å². The maximum atomic E-state index is 13.1. The molecule has 1 atom stereocenters. The fraction of sp³-hybridized carbons (Fsp3) is 0.600. The predicted molar refractivity (Wildman–Crippen MR) is 78.3 cm³/mol. The molecule has 0 bridgehead atoms. The molecule has 1 aliphatic carbocycles. The van der Waals surface area contributed by atoms with Gasteiger partial charge in [-0.3, -0.25) is 0 Å². The topological polar surface area (TPSA) is 21.3 Å². The van der Waals surface area contributed by atoms with Gasteiger partial charge in [0.25, 0.3) is 0 Å². The van der Waals surface area contributed by atoms with Crippen LogP contribution in [0.5, 0.6) is 0 Å². The minimum atomic E-state index is -4.36. The SMILES string of the molecule is FC(F)(F)c1cc(Br)ccc1NC1CCOC2(CCC2)C1. The van der Waals surface area contributed by atoms with Crippen LogP contribution in [0, 0.1) is 0 Å². The Morgan fingerprint density at radius 1 is 1.29 bits per heavy atom. The minimum Gasteiger partial charge on any atom is -0.382 e. The lowest BCUT2D eigenvalue weighted by Gasteiger charge is -2.47. The van der Waals surface area contributed by atoms with E-state index < -0.39 is 11.7 Å². The third kappa shape index (κ3) is 3.21. The molecular formula is C15H17BrF3NO. The van der Waals surface area contributed by atoms with Gasteiger partial charge in [0.2, 0.25) is 0 Å². The van der Waals surface area contributed by atoms with Crippen LogP contribution in [0.4, 0.5) is 18.9 Å². The van der Waals surface area contributed by atoms with Gasteiger partial charge < -0.3 is 10.1 Å². The summed E-state index contributed by atoms with van der Waals surface area (Å²) in [7, 11) is 0. The second kappa shape index (κ2) is 5.47. The van der Waals surface area contributed by atoms with Crippen LogP contribution in [0.25, 0.3) is 0 Å². The Balaban J connectivity index is 1.78. The smallest absolute Gasteiger partial charge is 0.382 e. The van der Waals surface area contributed by atoms with Gasteiger partial charge in [0, 0.05) is 22.8 Å². The number of nitrogens with one attached hydrogen (secondary N) is 1. The summed E-state index contributed by atoms with van der Waals surface area (Å²) in [5, 5.41) is 3.09. The van der Waals surface area contributed by atoms with Crippen LogP contribution >= 0.6 is 15.9 Å². The highest BCUT2D eigenvalue weighted by Gasteiger charge is 2.43. The van der Waals surface area contributed by atoms with Crippen molar-refractivity contribution in [2.75, 3.05) is 11.9 Å². The van der Waals surface area contributed by atoms with E-state index in [0.717, 1.165) is 38.2 Å². The van der Waals surface area contributed by atoms with Crippen LogP contribution in [-0.4, -0.2) is 18.2 Å². The van der Waals surface area contributed by atoms with Crippen molar-refractivity contribution in [2.45, 2.75) is 49.9 Å². The third-order valence-corrected chi connectivity index (χ3v) is 4.90. The van der Waals surface area contributed by atoms with Gasteiger partial charge in [-0.1, -0.05) is 15.9 Å². The van der Waals surface area contributed by atoms with Crippen molar-refractivity contribution in [2.24, 2.45) is 0 Å². The first-order chi connectivity index (χ1) is 9.88. The molecule has 0 amide bonds.